The molecule has 1 saturated heterocycles. The Morgan fingerprint density at radius 2 is 2.10 bits per heavy atom. The molecule has 0 bridgehead atoms. The van der Waals surface area contributed by atoms with Gasteiger partial charge in [-0.05, 0) is 43.9 Å². The number of Topliss-reactive ketones (excluding diaryl/α,β-unsaturated/α-hetero) is 1. The third kappa shape index (κ3) is 3.77. The number of thiophene rings is 1. The van der Waals surface area contributed by atoms with Gasteiger partial charge in [-0.25, -0.2) is 9.97 Å². The maximum atomic E-state index is 11.8. The number of hydrogen-bond donors (Lipinski definition) is 1. The number of anilines is 2. The first-order chi connectivity index (χ1) is 14.2. The molecule has 1 aliphatic heterocycles. The molecule has 1 N–H and O–H groups in total. The average Bonchev–Trinajstić information content (AvgIpc) is 3.30. The van der Waals surface area contributed by atoms with Crippen molar-refractivity contribution in [1.29, 1.82) is 0 Å². The molecular formula is C22H24N4O2S. The summed E-state index contributed by atoms with van der Waals surface area (Å²) >= 11 is 1.81. The highest BCUT2D eigenvalue weighted by Gasteiger charge is 2.23. The maximum absolute atomic E-state index is 11.8. The van der Waals surface area contributed by atoms with Crippen LogP contribution >= 0.6 is 11.3 Å². The highest BCUT2D eigenvalue weighted by Crippen LogP contribution is 2.40. The lowest BCUT2D eigenvalue weighted by Crippen LogP contribution is -2.36. The average molecular weight is 409 g/mol. The molecule has 1 aromatic carbocycles. The van der Waals surface area contributed by atoms with E-state index in [1.54, 1.807) is 18.3 Å². The van der Waals surface area contributed by atoms with Gasteiger partial charge in [0.2, 0.25) is 0 Å². The largest absolute Gasteiger partial charge is 0.379 e. The van der Waals surface area contributed by atoms with Crippen LogP contribution in [0.5, 0.6) is 0 Å². The molecule has 3 heterocycles. The van der Waals surface area contributed by atoms with Crippen LogP contribution in [0.4, 0.5) is 11.5 Å². The summed E-state index contributed by atoms with van der Waals surface area (Å²) in [7, 11) is 0. The molecule has 150 valence electrons. The fourth-order valence-electron chi connectivity index (χ4n) is 4.11. The van der Waals surface area contributed by atoms with Crippen LogP contribution in [0.15, 0.2) is 24.3 Å². The number of aromatic nitrogens is 2. The Kier molecular flexibility index (Phi) is 5.03. The van der Waals surface area contributed by atoms with E-state index in [4.69, 9.17) is 14.7 Å². The molecule has 3 aromatic rings. The van der Waals surface area contributed by atoms with E-state index in [9.17, 15) is 4.79 Å². The first-order valence-electron chi connectivity index (χ1n) is 10.2. The summed E-state index contributed by atoms with van der Waals surface area (Å²) < 4.78 is 5.46. The van der Waals surface area contributed by atoms with Crippen LogP contribution in [0.3, 0.4) is 0 Å². The Morgan fingerprint density at radius 1 is 1.24 bits per heavy atom. The summed E-state index contributed by atoms with van der Waals surface area (Å²) in [6, 6.07) is 7.62. The van der Waals surface area contributed by atoms with Gasteiger partial charge in [0.05, 0.1) is 25.1 Å². The van der Waals surface area contributed by atoms with Crippen LogP contribution in [0.2, 0.25) is 0 Å². The molecule has 0 radical (unpaired) electrons. The zero-order valence-electron chi connectivity index (χ0n) is 16.5. The minimum absolute atomic E-state index is 0.0610. The van der Waals surface area contributed by atoms with E-state index in [1.807, 2.05) is 24.3 Å². The number of morpholine rings is 1. The molecule has 0 unspecified atom stereocenters. The second-order valence-corrected chi connectivity index (χ2v) is 8.76. The van der Waals surface area contributed by atoms with Crippen LogP contribution in [-0.4, -0.2) is 47.0 Å². The highest BCUT2D eigenvalue weighted by atomic mass is 32.1. The van der Waals surface area contributed by atoms with Crippen molar-refractivity contribution in [3.63, 3.8) is 0 Å². The van der Waals surface area contributed by atoms with Gasteiger partial charge in [0, 0.05) is 29.2 Å². The molecule has 0 saturated carbocycles. The standard InChI is InChI=1S/C22H24N4O2S/c1-14(27)15-4-2-5-16(12-15)23-21-20-17-6-3-7-18(17)29-22(20)25-19(24-21)13-26-8-10-28-11-9-26/h2,4-5,12H,3,6-11,13H2,1H3,(H,23,24,25). The number of ketones is 1. The van der Waals surface area contributed by atoms with Gasteiger partial charge in [-0.15, -0.1) is 11.3 Å². The summed E-state index contributed by atoms with van der Waals surface area (Å²) in [5, 5.41) is 4.65. The number of carbonyl (C=O) groups is 1. The van der Waals surface area contributed by atoms with E-state index >= 15 is 0 Å². The normalized spacial score (nSPS) is 16.9. The lowest BCUT2D eigenvalue weighted by atomic mass is 10.1. The number of fused-ring (bicyclic) bond motifs is 3. The van der Waals surface area contributed by atoms with Crippen LogP contribution in [0.25, 0.3) is 10.2 Å². The number of ether oxygens (including phenoxy) is 1. The molecule has 0 atom stereocenters. The molecule has 1 fully saturated rings. The Balaban J connectivity index is 1.54. The summed E-state index contributed by atoms with van der Waals surface area (Å²) in [6.07, 6.45) is 3.42. The smallest absolute Gasteiger partial charge is 0.159 e. The fraction of sp³-hybridized carbons (Fsp3) is 0.409. The number of aryl methyl sites for hydroxylation is 2. The Morgan fingerprint density at radius 3 is 2.93 bits per heavy atom. The van der Waals surface area contributed by atoms with Crippen molar-refractivity contribution in [2.75, 3.05) is 31.6 Å². The monoisotopic (exact) mass is 408 g/mol. The maximum Gasteiger partial charge on any atom is 0.159 e. The van der Waals surface area contributed by atoms with Crippen LogP contribution < -0.4 is 5.32 Å². The Hall–Kier alpha value is -2.35. The molecular weight excluding hydrogens is 384 g/mol. The quantitative estimate of drug-likeness (QED) is 0.645. The van der Waals surface area contributed by atoms with Crippen LogP contribution in [0, 0.1) is 0 Å². The molecule has 0 amide bonds. The minimum Gasteiger partial charge on any atom is -0.379 e. The third-order valence-electron chi connectivity index (χ3n) is 5.61. The van der Waals surface area contributed by atoms with Crippen molar-refractivity contribution in [2.45, 2.75) is 32.7 Å². The molecule has 6 nitrogen and oxygen atoms in total. The first-order valence-corrected chi connectivity index (χ1v) is 11.0. The van der Waals surface area contributed by atoms with E-state index < -0.39 is 0 Å². The number of rotatable bonds is 5. The molecule has 1 aliphatic carbocycles. The van der Waals surface area contributed by atoms with Crippen molar-refractivity contribution in [3.05, 3.63) is 46.1 Å². The van der Waals surface area contributed by atoms with Gasteiger partial charge in [-0.1, -0.05) is 12.1 Å². The van der Waals surface area contributed by atoms with Gasteiger partial charge >= 0.3 is 0 Å². The van der Waals surface area contributed by atoms with E-state index in [-0.39, 0.29) is 5.78 Å². The van der Waals surface area contributed by atoms with E-state index in [0.717, 1.165) is 73.2 Å². The van der Waals surface area contributed by atoms with Gasteiger partial charge < -0.3 is 10.1 Å². The molecule has 29 heavy (non-hydrogen) atoms. The number of nitrogens with zero attached hydrogens (tertiary/aromatic N) is 3. The highest BCUT2D eigenvalue weighted by molar-refractivity contribution is 7.19. The van der Waals surface area contributed by atoms with Gasteiger partial charge in [0.15, 0.2) is 5.78 Å². The zero-order valence-corrected chi connectivity index (χ0v) is 17.3. The van der Waals surface area contributed by atoms with Crippen LogP contribution in [-0.2, 0) is 24.1 Å². The molecule has 7 heteroatoms. The van der Waals surface area contributed by atoms with Gasteiger partial charge in [0.1, 0.15) is 16.5 Å². The molecule has 2 aliphatic rings. The summed E-state index contributed by atoms with van der Waals surface area (Å²) in [5.41, 5.74) is 2.98. The Labute approximate surface area is 173 Å². The van der Waals surface area contributed by atoms with E-state index in [0.29, 0.717) is 5.56 Å². The number of hydrogen-bond acceptors (Lipinski definition) is 7. The molecule has 5 rings (SSSR count). The first kappa shape index (κ1) is 18.7. The predicted octanol–water partition coefficient (Wildman–Crippen LogP) is 3.96. The second-order valence-electron chi connectivity index (χ2n) is 7.68. The molecule has 0 spiro atoms. The van der Waals surface area contributed by atoms with Crippen molar-refractivity contribution < 1.29 is 9.53 Å². The van der Waals surface area contributed by atoms with E-state index in [1.165, 1.54) is 16.9 Å². The lowest BCUT2D eigenvalue weighted by molar-refractivity contribution is 0.0331. The van der Waals surface area contributed by atoms with Gasteiger partial charge in [-0.2, -0.15) is 0 Å². The Bertz CT molecular complexity index is 1070. The van der Waals surface area contributed by atoms with Crippen molar-refractivity contribution in [3.8, 4) is 0 Å². The summed E-state index contributed by atoms with van der Waals surface area (Å²) in [6.45, 7) is 5.66. The SMILES string of the molecule is CC(=O)c1cccc(Nc2nc(CN3CCOCC3)nc3sc4c(c23)CCC4)c1. The number of carbonyl (C=O) groups excluding carboxylic acids is 1. The minimum atomic E-state index is 0.0610. The fourth-order valence-corrected chi connectivity index (χ4v) is 5.39. The number of benzene rings is 1. The topological polar surface area (TPSA) is 67.4 Å². The zero-order chi connectivity index (χ0) is 19.8. The molecule has 2 aromatic heterocycles. The van der Waals surface area contributed by atoms with Crippen molar-refractivity contribution >= 4 is 38.8 Å². The number of nitrogens with one attached hydrogen (secondary N) is 1. The summed E-state index contributed by atoms with van der Waals surface area (Å²) in [4.78, 5) is 26.5. The van der Waals surface area contributed by atoms with E-state index in [2.05, 4.69) is 10.2 Å². The lowest BCUT2D eigenvalue weighted by Gasteiger charge is -2.25. The van der Waals surface area contributed by atoms with Gasteiger partial charge in [-0.3, -0.25) is 9.69 Å². The summed E-state index contributed by atoms with van der Waals surface area (Å²) in [5.74, 6) is 1.76. The van der Waals surface area contributed by atoms with Crippen molar-refractivity contribution in [1.82, 2.24) is 14.9 Å². The second kappa shape index (κ2) is 7.82. The third-order valence-corrected chi connectivity index (χ3v) is 6.80. The van der Waals surface area contributed by atoms with Crippen molar-refractivity contribution in [2.24, 2.45) is 0 Å². The predicted molar refractivity (Wildman–Crippen MR) is 115 cm³/mol. The van der Waals surface area contributed by atoms with Crippen LogP contribution in [0.1, 0.15) is 40.0 Å². The van der Waals surface area contributed by atoms with Gasteiger partial charge in [0.25, 0.3) is 0 Å².